The highest BCUT2D eigenvalue weighted by molar-refractivity contribution is 9.10. The van der Waals surface area contributed by atoms with E-state index in [2.05, 4.69) is 26.2 Å². The number of halogens is 3. The Morgan fingerprint density at radius 2 is 2.00 bits per heavy atom. The number of rotatable bonds is 5. The van der Waals surface area contributed by atoms with E-state index in [1.807, 2.05) is 0 Å². The Balaban J connectivity index is 1.77. The number of carbonyl (C=O) groups excluding carboxylic acids is 1. The Hall–Kier alpha value is -1.91. The second-order valence-electron chi connectivity index (χ2n) is 6.11. The van der Waals surface area contributed by atoms with Crippen molar-refractivity contribution in [3.8, 4) is 0 Å². The van der Waals surface area contributed by atoms with Crippen LogP contribution in [0.15, 0.2) is 52.1 Å². The molecule has 0 spiro atoms. The molecule has 3 rings (SSSR count). The summed E-state index contributed by atoms with van der Waals surface area (Å²) in [4.78, 5) is 16.3. The van der Waals surface area contributed by atoms with E-state index in [1.165, 1.54) is 0 Å². The SMILES string of the molecule is O=C(NCc1cncc(Br)c1)[C@@H]1C[C@@H](F)CN1S(=O)(=O)c1ccc(F)cc1. The lowest BCUT2D eigenvalue weighted by Gasteiger charge is -2.23. The van der Waals surface area contributed by atoms with E-state index in [-0.39, 0.29) is 17.9 Å². The molecule has 144 valence electrons. The number of amides is 1. The lowest BCUT2D eigenvalue weighted by molar-refractivity contribution is -0.124. The molecule has 1 aliphatic heterocycles. The molecule has 1 saturated heterocycles. The summed E-state index contributed by atoms with van der Waals surface area (Å²) >= 11 is 3.27. The second-order valence-corrected chi connectivity index (χ2v) is 8.91. The normalized spacial score (nSPS) is 20.6. The number of nitrogens with zero attached hydrogens (tertiary/aromatic N) is 2. The van der Waals surface area contributed by atoms with Crippen LogP contribution in [-0.2, 0) is 21.4 Å². The van der Waals surface area contributed by atoms with Crippen LogP contribution in [0.25, 0.3) is 0 Å². The maximum Gasteiger partial charge on any atom is 0.243 e. The first kappa shape index (κ1) is 19.8. The van der Waals surface area contributed by atoms with Crippen molar-refractivity contribution >= 4 is 31.9 Å². The molecule has 0 bridgehead atoms. The highest BCUT2D eigenvalue weighted by atomic mass is 79.9. The smallest absolute Gasteiger partial charge is 0.243 e. The van der Waals surface area contributed by atoms with Crippen LogP contribution in [0.1, 0.15) is 12.0 Å². The maximum absolute atomic E-state index is 13.9. The van der Waals surface area contributed by atoms with Gasteiger partial charge in [0, 0.05) is 36.4 Å². The molecular weight excluding hydrogens is 444 g/mol. The molecule has 27 heavy (non-hydrogen) atoms. The first-order valence-electron chi connectivity index (χ1n) is 8.06. The highest BCUT2D eigenvalue weighted by Crippen LogP contribution is 2.28. The van der Waals surface area contributed by atoms with Gasteiger partial charge in [-0.15, -0.1) is 0 Å². The Kier molecular flexibility index (Phi) is 5.87. The molecule has 1 aromatic heterocycles. The van der Waals surface area contributed by atoms with Gasteiger partial charge < -0.3 is 5.32 Å². The van der Waals surface area contributed by atoms with Gasteiger partial charge >= 0.3 is 0 Å². The van der Waals surface area contributed by atoms with Crippen molar-refractivity contribution in [2.24, 2.45) is 0 Å². The number of hydrogen-bond donors (Lipinski definition) is 1. The van der Waals surface area contributed by atoms with Crippen molar-refractivity contribution in [3.05, 3.63) is 58.6 Å². The van der Waals surface area contributed by atoms with Crippen LogP contribution in [0.5, 0.6) is 0 Å². The van der Waals surface area contributed by atoms with Crippen LogP contribution in [0.3, 0.4) is 0 Å². The van der Waals surface area contributed by atoms with Crippen molar-refractivity contribution in [3.63, 3.8) is 0 Å². The predicted molar refractivity (Wildman–Crippen MR) is 97.4 cm³/mol. The molecule has 0 aliphatic carbocycles. The standard InChI is InChI=1S/C17H16BrF2N3O3S/c18-12-5-11(7-21-9-12)8-22-17(24)16-6-14(20)10-23(16)27(25,26)15-3-1-13(19)2-4-15/h1-5,7,9,14,16H,6,8,10H2,(H,22,24)/t14-,16+/m1/s1. The van der Waals surface area contributed by atoms with Crippen molar-refractivity contribution in [2.45, 2.75) is 30.1 Å². The zero-order valence-corrected chi connectivity index (χ0v) is 16.4. The molecular formula is C17H16BrF2N3O3S. The van der Waals surface area contributed by atoms with Gasteiger partial charge in [-0.2, -0.15) is 4.31 Å². The van der Waals surface area contributed by atoms with Gasteiger partial charge in [0.25, 0.3) is 0 Å². The number of carbonyl (C=O) groups is 1. The monoisotopic (exact) mass is 459 g/mol. The number of alkyl halides is 1. The van der Waals surface area contributed by atoms with E-state index < -0.39 is 40.5 Å². The van der Waals surface area contributed by atoms with Gasteiger partial charge in [0.1, 0.15) is 18.0 Å². The molecule has 1 fully saturated rings. The van der Waals surface area contributed by atoms with Crippen molar-refractivity contribution in [2.75, 3.05) is 6.54 Å². The summed E-state index contributed by atoms with van der Waals surface area (Å²) in [5, 5.41) is 2.62. The van der Waals surface area contributed by atoms with Gasteiger partial charge in [-0.25, -0.2) is 17.2 Å². The number of pyridine rings is 1. The van der Waals surface area contributed by atoms with E-state index in [4.69, 9.17) is 0 Å². The summed E-state index contributed by atoms with van der Waals surface area (Å²) in [7, 11) is -4.13. The summed E-state index contributed by atoms with van der Waals surface area (Å²) in [5.74, 6) is -1.18. The number of nitrogens with one attached hydrogen (secondary N) is 1. The van der Waals surface area contributed by atoms with Gasteiger partial charge in [0.05, 0.1) is 4.90 Å². The minimum Gasteiger partial charge on any atom is -0.351 e. The van der Waals surface area contributed by atoms with E-state index in [9.17, 15) is 22.0 Å². The Morgan fingerprint density at radius 1 is 1.30 bits per heavy atom. The fourth-order valence-corrected chi connectivity index (χ4v) is 4.90. The summed E-state index contributed by atoms with van der Waals surface area (Å²) in [5.41, 5.74) is 0.709. The zero-order valence-electron chi connectivity index (χ0n) is 14.0. The summed E-state index contributed by atoms with van der Waals surface area (Å²) in [6.07, 6.45) is 1.46. The minimum atomic E-state index is -4.13. The first-order chi connectivity index (χ1) is 12.8. The largest absolute Gasteiger partial charge is 0.351 e. The topological polar surface area (TPSA) is 79.4 Å². The Labute approximate surface area is 163 Å². The van der Waals surface area contributed by atoms with Gasteiger partial charge in [-0.3, -0.25) is 9.78 Å². The number of hydrogen-bond acceptors (Lipinski definition) is 4. The average molecular weight is 460 g/mol. The van der Waals surface area contributed by atoms with Crippen molar-refractivity contribution < 1.29 is 22.0 Å². The van der Waals surface area contributed by atoms with Crippen LogP contribution in [0, 0.1) is 5.82 Å². The molecule has 0 saturated carbocycles. The molecule has 0 unspecified atom stereocenters. The molecule has 10 heteroatoms. The molecule has 2 aromatic rings. The van der Waals surface area contributed by atoms with Gasteiger partial charge in [0.2, 0.25) is 15.9 Å². The second kappa shape index (κ2) is 7.99. The lowest BCUT2D eigenvalue weighted by Crippen LogP contribution is -2.45. The van der Waals surface area contributed by atoms with Gasteiger partial charge in [0.15, 0.2) is 0 Å². The zero-order chi connectivity index (χ0) is 19.6. The van der Waals surface area contributed by atoms with Gasteiger partial charge in [-0.1, -0.05) is 0 Å². The molecule has 2 heterocycles. The number of sulfonamides is 1. The van der Waals surface area contributed by atoms with E-state index in [0.717, 1.165) is 33.0 Å². The third-order valence-corrected chi connectivity index (χ3v) is 6.48. The quantitative estimate of drug-likeness (QED) is 0.744. The van der Waals surface area contributed by atoms with Crippen molar-refractivity contribution in [1.29, 1.82) is 0 Å². The predicted octanol–water partition coefficient (Wildman–Crippen LogP) is 2.40. The molecule has 1 aliphatic rings. The molecule has 1 aromatic carbocycles. The fourth-order valence-electron chi connectivity index (χ4n) is 2.86. The van der Waals surface area contributed by atoms with Crippen LogP contribution in [-0.4, -0.2) is 42.4 Å². The molecule has 2 atom stereocenters. The van der Waals surface area contributed by atoms with E-state index >= 15 is 0 Å². The van der Waals surface area contributed by atoms with Crippen molar-refractivity contribution in [1.82, 2.24) is 14.6 Å². The molecule has 6 nitrogen and oxygen atoms in total. The third kappa shape index (κ3) is 4.50. The first-order valence-corrected chi connectivity index (χ1v) is 10.3. The molecule has 1 N–H and O–H groups in total. The van der Waals surface area contributed by atoms with Crippen LogP contribution >= 0.6 is 15.9 Å². The average Bonchev–Trinajstić information content (AvgIpc) is 3.03. The van der Waals surface area contributed by atoms with E-state index in [0.29, 0.717) is 5.56 Å². The van der Waals surface area contributed by atoms with Crippen LogP contribution < -0.4 is 5.32 Å². The minimum absolute atomic E-state index is 0.128. The fraction of sp³-hybridized carbons (Fsp3) is 0.294. The third-order valence-electron chi connectivity index (χ3n) is 4.16. The number of benzene rings is 1. The van der Waals surface area contributed by atoms with E-state index in [1.54, 1.807) is 18.5 Å². The summed E-state index contributed by atoms with van der Waals surface area (Å²) in [6, 6.07) is 4.79. The Morgan fingerprint density at radius 3 is 2.67 bits per heavy atom. The van der Waals surface area contributed by atoms with Crippen LogP contribution in [0.2, 0.25) is 0 Å². The summed E-state index contributed by atoms with van der Waals surface area (Å²) in [6.45, 7) is -0.292. The molecule has 1 amide bonds. The maximum atomic E-state index is 13.9. The van der Waals surface area contributed by atoms with Gasteiger partial charge in [-0.05, 0) is 51.8 Å². The highest BCUT2D eigenvalue weighted by Gasteiger charge is 2.44. The molecule has 0 radical (unpaired) electrons. The number of aromatic nitrogens is 1. The van der Waals surface area contributed by atoms with Crippen LogP contribution in [0.4, 0.5) is 8.78 Å². The summed E-state index contributed by atoms with van der Waals surface area (Å²) < 4.78 is 54.1. The lowest BCUT2D eigenvalue weighted by atomic mass is 10.2. The Bertz CT molecular complexity index is 941.